The van der Waals surface area contributed by atoms with E-state index in [0.717, 1.165) is 16.7 Å². The van der Waals surface area contributed by atoms with Crippen LogP contribution in [-0.4, -0.2) is 34.7 Å². The van der Waals surface area contributed by atoms with Gasteiger partial charge < -0.3 is 24.7 Å². The van der Waals surface area contributed by atoms with Gasteiger partial charge in [0.2, 0.25) is 0 Å². The van der Waals surface area contributed by atoms with Gasteiger partial charge in [-0.1, -0.05) is 91.0 Å². The van der Waals surface area contributed by atoms with Gasteiger partial charge in [0.1, 0.15) is 35.8 Å². The number of nitrogens with zero attached hydrogens (tertiary/aromatic N) is 3. The van der Waals surface area contributed by atoms with Gasteiger partial charge in [-0.15, -0.1) is 0 Å². The van der Waals surface area contributed by atoms with E-state index in [2.05, 4.69) is 11.2 Å². The highest BCUT2D eigenvalue weighted by Crippen LogP contribution is 2.36. The molecule has 4 atom stereocenters. The summed E-state index contributed by atoms with van der Waals surface area (Å²) in [6.45, 7) is 1.44. The van der Waals surface area contributed by atoms with Crippen molar-refractivity contribution in [2.75, 3.05) is 12.3 Å². The summed E-state index contributed by atoms with van der Waals surface area (Å²) in [6, 6.07) is 31.9. The van der Waals surface area contributed by atoms with E-state index in [-0.39, 0.29) is 18.0 Å². The predicted molar refractivity (Wildman–Crippen MR) is 141 cm³/mol. The Balaban J connectivity index is 1.40. The molecule has 0 saturated carbocycles. The Morgan fingerprint density at radius 3 is 1.84 bits per heavy atom. The van der Waals surface area contributed by atoms with Crippen molar-refractivity contribution >= 4 is 5.82 Å². The standard InChI is InChI=1S/C30H30N4O4/c31-16-25-17-33-34(29(25)32)30-28(37-20-24-14-8-3-9-15-24)27(36-19-23-12-6-2-7-13-23)26(38-30)21-35-18-22-10-4-1-5-11-22/h1-15,17,26-28,30H,18-21,32H2/t26-,27-,28+,30+/m1/s1. The largest absolute Gasteiger partial charge is 0.383 e. The summed E-state index contributed by atoms with van der Waals surface area (Å²) in [6.07, 6.45) is -0.757. The Bertz CT molecular complexity index is 1320. The van der Waals surface area contributed by atoms with Crippen molar-refractivity contribution in [2.24, 2.45) is 0 Å². The van der Waals surface area contributed by atoms with Crippen molar-refractivity contribution < 1.29 is 18.9 Å². The van der Waals surface area contributed by atoms with Gasteiger partial charge in [-0.25, -0.2) is 4.68 Å². The quantitative estimate of drug-likeness (QED) is 0.314. The molecule has 1 fully saturated rings. The summed E-state index contributed by atoms with van der Waals surface area (Å²) in [5, 5.41) is 13.8. The van der Waals surface area contributed by atoms with Gasteiger partial charge in [0.15, 0.2) is 6.23 Å². The minimum absolute atomic E-state index is 0.221. The molecule has 1 aromatic heterocycles. The zero-order valence-electron chi connectivity index (χ0n) is 20.9. The number of hydrogen-bond donors (Lipinski definition) is 1. The van der Waals surface area contributed by atoms with Crippen LogP contribution in [0.15, 0.2) is 97.2 Å². The second-order valence-corrected chi connectivity index (χ2v) is 9.09. The number of aromatic nitrogens is 2. The van der Waals surface area contributed by atoms with Crippen LogP contribution in [0.4, 0.5) is 5.82 Å². The molecule has 8 heteroatoms. The molecule has 0 amide bonds. The van der Waals surface area contributed by atoms with Gasteiger partial charge in [0, 0.05) is 0 Å². The fourth-order valence-electron chi connectivity index (χ4n) is 4.48. The Kier molecular flexibility index (Phi) is 8.43. The van der Waals surface area contributed by atoms with Gasteiger partial charge in [0.05, 0.1) is 32.6 Å². The van der Waals surface area contributed by atoms with Gasteiger partial charge in [0.25, 0.3) is 0 Å². The van der Waals surface area contributed by atoms with Crippen molar-refractivity contribution in [1.29, 1.82) is 5.26 Å². The third-order valence-corrected chi connectivity index (χ3v) is 6.45. The van der Waals surface area contributed by atoms with E-state index in [9.17, 15) is 5.26 Å². The molecule has 3 aromatic carbocycles. The highest BCUT2D eigenvalue weighted by atomic mass is 16.6. The van der Waals surface area contributed by atoms with Gasteiger partial charge in [-0.05, 0) is 16.7 Å². The first-order valence-corrected chi connectivity index (χ1v) is 12.5. The number of ether oxygens (including phenoxy) is 4. The van der Waals surface area contributed by atoms with Gasteiger partial charge in [-0.3, -0.25) is 0 Å². The molecule has 0 unspecified atom stereocenters. The van der Waals surface area contributed by atoms with Crippen LogP contribution in [0.5, 0.6) is 0 Å². The maximum atomic E-state index is 9.43. The molecule has 8 nitrogen and oxygen atoms in total. The SMILES string of the molecule is N#Cc1cnn([C@H]2O[C@H](COCc3ccccc3)[C@@H](OCc3ccccc3)[C@@H]2OCc2ccccc2)c1N. The predicted octanol–water partition coefficient (Wildman–Crippen LogP) is 4.62. The second kappa shape index (κ2) is 12.5. The lowest BCUT2D eigenvalue weighted by Gasteiger charge is -2.25. The lowest BCUT2D eigenvalue weighted by Crippen LogP contribution is -2.38. The maximum Gasteiger partial charge on any atom is 0.181 e. The van der Waals surface area contributed by atoms with Crippen LogP contribution in [0, 0.1) is 11.3 Å². The molecule has 0 bridgehead atoms. The highest BCUT2D eigenvalue weighted by Gasteiger charge is 2.48. The van der Waals surface area contributed by atoms with Crippen LogP contribution in [0.3, 0.4) is 0 Å². The van der Waals surface area contributed by atoms with Crippen molar-refractivity contribution in [1.82, 2.24) is 9.78 Å². The minimum atomic E-state index is -0.702. The molecule has 0 spiro atoms. The zero-order valence-corrected chi connectivity index (χ0v) is 20.9. The topological polar surface area (TPSA) is 105 Å². The average molecular weight is 511 g/mol. The van der Waals surface area contributed by atoms with Crippen LogP contribution in [0.1, 0.15) is 28.5 Å². The number of nitrogens with two attached hydrogens (primary N) is 1. The average Bonchev–Trinajstić information content (AvgIpc) is 3.51. The number of nitriles is 1. The molecule has 0 aliphatic carbocycles. The Morgan fingerprint density at radius 2 is 1.32 bits per heavy atom. The van der Waals surface area contributed by atoms with E-state index < -0.39 is 24.5 Å². The van der Waals surface area contributed by atoms with E-state index in [0.29, 0.717) is 19.8 Å². The summed E-state index contributed by atoms with van der Waals surface area (Å²) in [5.74, 6) is 0.221. The summed E-state index contributed by atoms with van der Waals surface area (Å²) in [5.41, 5.74) is 9.66. The fourth-order valence-corrected chi connectivity index (χ4v) is 4.48. The summed E-state index contributed by atoms with van der Waals surface area (Å²) >= 11 is 0. The number of anilines is 1. The first-order chi connectivity index (χ1) is 18.7. The highest BCUT2D eigenvalue weighted by molar-refractivity contribution is 5.47. The molecule has 0 radical (unpaired) electrons. The summed E-state index contributed by atoms with van der Waals surface area (Å²) in [4.78, 5) is 0. The Morgan fingerprint density at radius 1 is 0.789 bits per heavy atom. The molecular formula is C30H30N4O4. The van der Waals surface area contributed by atoms with Crippen LogP contribution in [-0.2, 0) is 38.8 Å². The van der Waals surface area contributed by atoms with Crippen molar-refractivity contribution in [3.05, 3.63) is 119 Å². The van der Waals surface area contributed by atoms with E-state index in [1.807, 2.05) is 91.0 Å². The molecular weight excluding hydrogens is 480 g/mol. The number of nitrogen functional groups attached to an aromatic ring is 1. The molecule has 1 aliphatic heterocycles. The zero-order chi connectivity index (χ0) is 26.2. The first kappa shape index (κ1) is 25.6. The summed E-state index contributed by atoms with van der Waals surface area (Å²) in [7, 11) is 0. The molecule has 1 saturated heterocycles. The third-order valence-electron chi connectivity index (χ3n) is 6.45. The molecule has 2 N–H and O–H groups in total. The van der Waals surface area contributed by atoms with Crippen LogP contribution in [0.25, 0.3) is 0 Å². The summed E-state index contributed by atoms with van der Waals surface area (Å²) < 4.78 is 26.9. The van der Waals surface area contributed by atoms with Crippen LogP contribution < -0.4 is 5.73 Å². The second-order valence-electron chi connectivity index (χ2n) is 9.09. The smallest absolute Gasteiger partial charge is 0.181 e. The maximum absolute atomic E-state index is 9.43. The third kappa shape index (κ3) is 6.10. The molecule has 4 aromatic rings. The number of rotatable bonds is 11. The van der Waals surface area contributed by atoms with E-state index in [1.54, 1.807) is 0 Å². The fraction of sp³-hybridized carbons (Fsp3) is 0.267. The first-order valence-electron chi connectivity index (χ1n) is 12.5. The van der Waals surface area contributed by atoms with Crippen molar-refractivity contribution in [3.8, 4) is 6.07 Å². The lowest BCUT2D eigenvalue weighted by molar-refractivity contribution is -0.0928. The monoisotopic (exact) mass is 510 g/mol. The Hall–Kier alpha value is -4.00. The molecule has 38 heavy (non-hydrogen) atoms. The lowest BCUT2D eigenvalue weighted by atomic mass is 10.1. The van der Waals surface area contributed by atoms with Crippen molar-refractivity contribution in [2.45, 2.75) is 44.4 Å². The Labute approximate surface area is 222 Å². The van der Waals surface area contributed by atoms with E-state index >= 15 is 0 Å². The normalized spacial score (nSPS) is 20.8. The molecule has 2 heterocycles. The van der Waals surface area contributed by atoms with E-state index in [1.165, 1.54) is 10.9 Å². The minimum Gasteiger partial charge on any atom is -0.383 e. The number of benzene rings is 3. The van der Waals surface area contributed by atoms with Crippen LogP contribution in [0.2, 0.25) is 0 Å². The number of hydrogen-bond acceptors (Lipinski definition) is 7. The van der Waals surface area contributed by atoms with Crippen molar-refractivity contribution in [3.63, 3.8) is 0 Å². The van der Waals surface area contributed by atoms with E-state index in [4.69, 9.17) is 24.7 Å². The molecule has 5 rings (SSSR count). The van der Waals surface area contributed by atoms with Gasteiger partial charge in [-0.2, -0.15) is 10.4 Å². The molecule has 194 valence electrons. The van der Waals surface area contributed by atoms with Crippen LogP contribution >= 0.6 is 0 Å². The molecule has 1 aliphatic rings. The van der Waals surface area contributed by atoms with Gasteiger partial charge >= 0.3 is 0 Å².